The first-order chi connectivity index (χ1) is 8.32. The van der Waals surface area contributed by atoms with Crippen molar-refractivity contribution in [3.8, 4) is 0 Å². The fourth-order valence-electron chi connectivity index (χ4n) is 1.52. The van der Waals surface area contributed by atoms with Gasteiger partial charge < -0.3 is 11.1 Å². The van der Waals surface area contributed by atoms with Crippen molar-refractivity contribution in [2.24, 2.45) is 11.1 Å². The maximum absolute atomic E-state index is 11.3. The Morgan fingerprint density at radius 3 is 2.61 bits per heavy atom. The van der Waals surface area contributed by atoms with Crippen molar-refractivity contribution < 1.29 is 8.42 Å². The van der Waals surface area contributed by atoms with Crippen LogP contribution in [-0.2, 0) is 10.0 Å². The average molecular weight is 289 g/mol. The van der Waals surface area contributed by atoms with E-state index in [0.29, 0.717) is 17.3 Å². The van der Waals surface area contributed by atoms with E-state index in [2.05, 4.69) is 18.5 Å². The Hall–Kier alpha value is -0.920. The first-order valence-corrected chi connectivity index (χ1v) is 8.43. The summed E-state index contributed by atoms with van der Waals surface area (Å²) in [5, 5.41) is 8.25. The molecule has 0 fully saturated rings. The Labute approximate surface area is 112 Å². The van der Waals surface area contributed by atoms with Crippen molar-refractivity contribution in [2.45, 2.75) is 11.8 Å². The molecule has 1 atom stereocenters. The molecular weight excluding hydrogens is 270 g/mol. The fraction of sp³-hybridized carbons (Fsp3) is 0.455. The molecule has 7 heteroatoms. The molecule has 0 aliphatic rings. The van der Waals surface area contributed by atoms with Crippen LogP contribution in [0.15, 0.2) is 23.1 Å². The number of primary sulfonamides is 1. The van der Waals surface area contributed by atoms with Crippen molar-refractivity contribution in [3.05, 3.63) is 18.2 Å². The number of nitrogens with one attached hydrogen (secondary N) is 1. The summed E-state index contributed by atoms with van der Waals surface area (Å²) in [6.07, 6.45) is 2.05. The smallest absolute Gasteiger partial charge is 0.238 e. The highest BCUT2D eigenvalue weighted by Gasteiger charge is 2.10. The lowest BCUT2D eigenvalue weighted by molar-refractivity contribution is 0.598. The molecule has 18 heavy (non-hydrogen) atoms. The molecule has 1 unspecified atom stereocenters. The summed E-state index contributed by atoms with van der Waals surface area (Å²) in [7, 11) is -3.72. The minimum atomic E-state index is -3.72. The molecule has 0 bridgehead atoms. The number of sulfonamides is 1. The van der Waals surface area contributed by atoms with E-state index >= 15 is 0 Å². The number of thioether (sulfide) groups is 1. The zero-order chi connectivity index (χ0) is 13.8. The van der Waals surface area contributed by atoms with Crippen LogP contribution in [0.5, 0.6) is 0 Å². The number of benzene rings is 1. The third-order valence-electron chi connectivity index (χ3n) is 2.36. The molecule has 5 nitrogen and oxygen atoms in total. The second kappa shape index (κ2) is 6.31. The van der Waals surface area contributed by atoms with E-state index in [1.165, 1.54) is 12.1 Å². The molecule has 5 N–H and O–H groups in total. The van der Waals surface area contributed by atoms with Crippen LogP contribution in [0, 0.1) is 5.92 Å². The number of rotatable bonds is 6. The number of nitrogen functional groups attached to an aromatic ring is 1. The van der Waals surface area contributed by atoms with Crippen LogP contribution >= 0.6 is 11.8 Å². The van der Waals surface area contributed by atoms with Crippen molar-refractivity contribution in [3.63, 3.8) is 0 Å². The monoisotopic (exact) mass is 289 g/mol. The molecule has 0 saturated carbocycles. The number of hydrogen-bond acceptors (Lipinski definition) is 5. The van der Waals surface area contributed by atoms with E-state index in [1.54, 1.807) is 17.8 Å². The minimum absolute atomic E-state index is 0.0301. The van der Waals surface area contributed by atoms with Crippen molar-refractivity contribution >= 4 is 33.2 Å². The Balaban J connectivity index is 2.81. The summed E-state index contributed by atoms with van der Waals surface area (Å²) in [4.78, 5) is 0.0301. The van der Waals surface area contributed by atoms with Crippen LogP contribution < -0.4 is 16.2 Å². The summed E-state index contributed by atoms with van der Waals surface area (Å²) >= 11 is 1.77. The lowest BCUT2D eigenvalue weighted by atomic mass is 10.2. The van der Waals surface area contributed by atoms with Gasteiger partial charge in [-0.05, 0) is 36.1 Å². The van der Waals surface area contributed by atoms with Gasteiger partial charge in [-0.1, -0.05) is 6.92 Å². The second-order valence-electron chi connectivity index (χ2n) is 4.28. The van der Waals surface area contributed by atoms with E-state index in [0.717, 1.165) is 12.3 Å². The van der Waals surface area contributed by atoms with Crippen LogP contribution in [0.25, 0.3) is 0 Å². The maximum atomic E-state index is 11.3. The second-order valence-corrected chi connectivity index (χ2v) is 6.75. The van der Waals surface area contributed by atoms with Gasteiger partial charge in [0, 0.05) is 17.9 Å². The summed E-state index contributed by atoms with van der Waals surface area (Å²) in [6, 6.07) is 4.55. The highest BCUT2D eigenvalue weighted by Crippen LogP contribution is 2.20. The fourth-order valence-corrected chi connectivity index (χ4v) is 2.80. The van der Waals surface area contributed by atoms with Crippen LogP contribution in [0.2, 0.25) is 0 Å². The Bertz CT molecular complexity index is 503. The van der Waals surface area contributed by atoms with Gasteiger partial charge in [0.05, 0.1) is 4.90 Å². The number of hydrogen-bond donors (Lipinski definition) is 3. The van der Waals surface area contributed by atoms with Crippen molar-refractivity contribution in [1.29, 1.82) is 0 Å². The van der Waals surface area contributed by atoms with Crippen molar-refractivity contribution in [1.82, 2.24) is 0 Å². The molecule has 1 rings (SSSR count). The zero-order valence-electron chi connectivity index (χ0n) is 10.5. The number of anilines is 2. The molecule has 0 saturated heterocycles. The Kier molecular flexibility index (Phi) is 5.30. The van der Waals surface area contributed by atoms with Gasteiger partial charge in [-0.2, -0.15) is 11.8 Å². The highest BCUT2D eigenvalue weighted by molar-refractivity contribution is 7.98. The van der Waals surface area contributed by atoms with Crippen LogP contribution in [0.1, 0.15) is 6.92 Å². The topological polar surface area (TPSA) is 98.2 Å². The zero-order valence-corrected chi connectivity index (χ0v) is 12.1. The SMILES string of the molecule is CSCC(C)CNc1cc(N)cc(S(N)(=O)=O)c1. The Morgan fingerprint density at radius 2 is 2.06 bits per heavy atom. The Morgan fingerprint density at radius 1 is 1.39 bits per heavy atom. The molecular formula is C11H19N3O2S2. The minimum Gasteiger partial charge on any atom is -0.399 e. The third kappa shape index (κ3) is 4.75. The molecule has 0 aliphatic heterocycles. The van der Waals surface area contributed by atoms with Gasteiger partial charge in [-0.3, -0.25) is 0 Å². The summed E-state index contributed by atoms with van der Waals surface area (Å²) in [6.45, 7) is 2.88. The number of nitrogens with two attached hydrogens (primary N) is 2. The van der Waals surface area contributed by atoms with Gasteiger partial charge >= 0.3 is 0 Å². The van der Waals surface area contributed by atoms with E-state index in [-0.39, 0.29) is 4.90 Å². The average Bonchev–Trinajstić information content (AvgIpc) is 2.25. The van der Waals surface area contributed by atoms with Crippen molar-refractivity contribution in [2.75, 3.05) is 29.6 Å². The standard InChI is InChI=1S/C11H19N3O2S2/c1-8(7-17-2)6-14-10-3-9(12)4-11(5-10)18(13,15)16/h3-5,8,14H,6-7,12H2,1-2H3,(H2,13,15,16). The molecule has 0 aromatic heterocycles. The normalized spacial score (nSPS) is 13.3. The van der Waals surface area contributed by atoms with E-state index in [9.17, 15) is 8.42 Å². The lowest BCUT2D eigenvalue weighted by Gasteiger charge is -2.13. The van der Waals surface area contributed by atoms with E-state index < -0.39 is 10.0 Å². The molecule has 0 heterocycles. The maximum Gasteiger partial charge on any atom is 0.238 e. The molecule has 0 aliphatic carbocycles. The van der Waals surface area contributed by atoms with Gasteiger partial charge in [0.15, 0.2) is 0 Å². The largest absolute Gasteiger partial charge is 0.399 e. The molecule has 0 radical (unpaired) electrons. The molecule has 102 valence electrons. The quantitative estimate of drug-likeness (QED) is 0.686. The first-order valence-electron chi connectivity index (χ1n) is 5.49. The lowest BCUT2D eigenvalue weighted by Crippen LogP contribution is -2.15. The van der Waals surface area contributed by atoms with Crippen LogP contribution in [0.3, 0.4) is 0 Å². The molecule has 1 aromatic carbocycles. The third-order valence-corrected chi connectivity index (χ3v) is 4.16. The summed E-state index contributed by atoms with van der Waals surface area (Å²) in [5.74, 6) is 1.52. The van der Waals surface area contributed by atoms with Crippen LogP contribution in [-0.4, -0.2) is 27.0 Å². The van der Waals surface area contributed by atoms with Gasteiger partial charge in [0.25, 0.3) is 0 Å². The van der Waals surface area contributed by atoms with Crippen LogP contribution in [0.4, 0.5) is 11.4 Å². The van der Waals surface area contributed by atoms with Gasteiger partial charge in [-0.25, -0.2) is 13.6 Å². The molecule has 0 spiro atoms. The van der Waals surface area contributed by atoms with Gasteiger partial charge in [0.1, 0.15) is 0 Å². The predicted molar refractivity (Wildman–Crippen MR) is 78.3 cm³/mol. The summed E-state index contributed by atoms with van der Waals surface area (Å²) < 4.78 is 22.5. The summed E-state index contributed by atoms with van der Waals surface area (Å²) in [5.41, 5.74) is 6.71. The van der Waals surface area contributed by atoms with Gasteiger partial charge in [-0.15, -0.1) is 0 Å². The van der Waals surface area contributed by atoms with Gasteiger partial charge in [0.2, 0.25) is 10.0 Å². The first kappa shape index (κ1) is 15.1. The molecule has 1 aromatic rings. The molecule has 0 amide bonds. The van der Waals surface area contributed by atoms with E-state index in [1.807, 2.05) is 0 Å². The highest BCUT2D eigenvalue weighted by atomic mass is 32.2. The van der Waals surface area contributed by atoms with E-state index in [4.69, 9.17) is 10.9 Å². The predicted octanol–water partition coefficient (Wildman–Crippen LogP) is 1.33.